The highest BCUT2D eigenvalue weighted by atomic mass is 32.1. The Balaban J connectivity index is 1.27. The van der Waals surface area contributed by atoms with Gasteiger partial charge in [-0.1, -0.05) is 42.5 Å². The van der Waals surface area contributed by atoms with Crippen LogP contribution in [0.15, 0.2) is 78.2 Å². The molecule has 0 N–H and O–H groups in total. The van der Waals surface area contributed by atoms with Gasteiger partial charge in [0.25, 0.3) is 5.91 Å². The minimum Gasteiger partial charge on any atom is -0.327 e. The molecule has 0 fully saturated rings. The lowest BCUT2D eigenvalue weighted by Gasteiger charge is -2.33. The summed E-state index contributed by atoms with van der Waals surface area (Å²) in [5.74, 6) is 1.55. The van der Waals surface area contributed by atoms with E-state index >= 15 is 0 Å². The van der Waals surface area contributed by atoms with Gasteiger partial charge in [0.05, 0.1) is 11.6 Å². The molecule has 1 aliphatic heterocycles. The van der Waals surface area contributed by atoms with E-state index in [2.05, 4.69) is 32.3 Å². The lowest BCUT2D eigenvalue weighted by atomic mass is 10.1. The Bertz CT molecular complexity index is 1460. The molecule has 1 aliphatic rings. The van der Waals surface area contributed by atoms with Crippen molar-refractivity contribution in [3.63, 3.8) is 0 Å². The second-order valence-electron chi connectivity index (χ2n) is 8.15. The Hall–Kier alpha value is -3.84. The molecule has 1 atom stereocenters. The summed E-state index contributed by atoms with van der Waals surface area (Å²) in [7, 11) is 0. The summed E-state index contributed by atoms with van der Waals surface area (Å²) in [6, 6.07) is 23.9. The summed E-state index contributed by atoms with van der Waals surface area (Å²) in [5, 5.41) is 12.0. The van der Waals surface area contributed by atoms with E-state index in [-0.39, 0.29) is 11.9 Å². The first kappa shape index (κ1) is 19.8. The van der Waals surface area contributed by atoms with Crippen molar-refractivity contribution in [3.8, 4) is 22.0 Å². The molecule has 33 heavy (non-hydrogen) atoms. The molecule has 1 amide bonds. The van der Waals surface area contributed by atoms with Gasteiger partial charge in [-0.25, -0.2) is 4.98 Å². The van der Waals surface area contributed by atoms with Crippen LogP contribution in [0.1, 0.15) is 29.1 Å². The maximum atomic E-state index is 13.3. The number of aromatic nitrogens is 4. The Morgan fingerprint density at radius 1 is 0.939 bits per heavy atom. The Kier molecular flexibility index (Phi) is 4.77. The number of carbonyl (C=O) groups excluding carboxylic acids is 1. The van der Waals surface area contributed by atoms with Crippen LogP contribution in [-0.4, -0.2) is 37.1 Å². The molecule has 0 saturated carbocycles. The monoisotopic (exact) mass is 451 g/mol. The maximum absolute atomic E-state index is 13.3. The summed E-state index contributed by atoms with van der Waals surface area (Å²) < 4.78 is 2.09. The number of nitrogens with zero attached hydrogens (tertiary/aromatic N) is 5. The van der Waals surface area contributed by atoms with Crippen molar-refractivity contribution < 1.29 is 4.79 Å². The first-order valence-electron chi connectivity index (χ1n) is 10.9. The normalized spacial score (nSPS) is 15.5. The van der Waals surface area contributed by atoms with Crippen LogP contribution in [0.3, 0.4) is 0 Å². The topological polar surface area (TPSA) is 63.9 Å². The molecule has 0 bridgehead atoms. The molecule has 3 aromatic heterocycles. The molecule has 0 spiro atoms. The third-order valence-electron chi connectivity index (χ3n) is 6.21. The van der Waals surface area contributed by atoms with Crippen LogP contribution in [0.25, 0.3) is 32.9 Å². The molecule has 6 nitrogen and oxygen atoms in total. The Morgan fingerprint density at radius 3 is 2.61 bits per heavy atom. The molecule has 4 heterocycles. The average molecular weight is 452 g/mol. The van der Waals surface area contributed by atoms with Crippen LogP contribution in [-0.2, 0) is 6.54 Å². The number of carbonyl (C=O) groups is 1. The van der Waals surface area contributed by atoms with Crippen molar-refractivity contribution in [1.29, 1.82) is 0 Å². The Labute approximate surface area is 195 Å². The highest BCUT2D eigenvalue weighted by Crippen LogP contribution is 2.30. The molecule has 0 aliphatic carbocycles. The minimum atomic E-state index is -0.176. The van der Waals surface area contributed by atoms with Crippen LogP contribution in [0.5, 0.6) is 0 Å². The van der Waals surface area contributed by atoms with E-state index in [0.29, 0.717) is 18.7 Å². The number of benzene rings is 2. The number of hydrogen-bond donors (Lipinski definition) is 0. The summed E-state index contributed by atoms with van der Waals surface area (Å²) in [4.78, 5) is 21.2. The van der Waals surface area contributed by atoms with Crippen LogP contribution >= 0.6 is 11.3 Å². The van der Waals surface area contributed by atoms with Gasteiger partial charge >= 0.3 is 0 Å². The second kappa shape index (κ2) is 7.94. The molecule has 6 rings (SSSR count). The zero-order chi connectivity index (χ0) is 22.4. The smallest absolute Gasteiger partial charge is 0.254 e. The molecule has 2 aromatic carbocycles. The summed E-state index contributed by atoms with van der Waals surface area (Å²) >= 11 is 1.69. The van der Waals surface area contributed by atoms with E-state index in [1.165, 1.54) is 4.88 Å². The number of rotatable bonds is 3. The SMILES string of the molecule is C[C@@H]1c2nnc(-c3ccc4ccccc4n3)n2CCN1C(=O)c1ccc(-c2cccs2)cc1. The molecular formula is C26H21N5OS. The minimum absolute atomic E-state index is 0.0138. The fourth-order valence-electron chi connectivity index (χ4n) is 4.43. The second-order valence-corrected chi connectivity index (χ2v) is 9.10. The molecular weight excluding hydrogens is 430 g/mol. The first-order valence-corrected chi connectivity index (χ1v) is 11.8. The molecule has 0 saturated heterocycles. The lowest BCUT2D eigenvalue weighted by molar-refractivity contribution is 0.0638. The van der Waals surface area contributed by atoms with Gasteiger partial charge in [-0.2, -0.15) is 0 Å². The third-order valence-corrected chi connectivity index (χ3v) is 7.13. The first-order chi connectivity index (χ1) is 16.2. The number of para-hydroxylation sites is 1. The third kappa shape index (κ3) is 3.41. The zero-order valence-corrected chi connectivity index (χ0v) is 18.9. The van der Waals surface area contributed by atoms with E-state index in [0.717, 1.165) is 33.8 Å². The zero-order valence-electron chi connectivity index (χ0n) is 18.0. The van der Waals surface area contributed by atoms with Crippen molar-refractivity contribution in [2.45, 2.75) is 19.5 Å². The van der Waals surface area contributed by atoms with Gasteiger partial charge in [0.2, 0.25) is 0 Å². The lowest BCUT2D eigenvalue weighted by Crippen LogP contribution is -2.41. The fraction of sp³-hybridized carbons (Fsp3) is 0.154. The number of hydrogen-bond acceptors (Lipinski definition) is 5. The fourth-order valence-corrected chi connectivity index (χ4v) is 5.16. The van der Waals surface area contributed by atoms with Gasteiger partial charge in [-0.3, -0.25) is 4.79 Å². The van der Waals surface area contributed by atoms with E-state index in [9.17, 15) is 4.79 Å². The highest BCUT2D eigenvalue weighted by Gasteiger charge is 2.32. The van der Waals surface area contributed by atoms with Crippen LogP contribution in [0.2, 0.25) is 0 Å². The number of pyridine rings is 1. The summed E-state index contributed by atoms with van der Waals surface area (Å²) in [6.07, 6.45) is 0. The molecule has 0 unspecified atom stereocenters. The standard InChI is InChI=1S/C26H21N5OS/c1-17-24-28-29-25(22-13-12-18-5-2-3-6-21(18)27-22)31(24)15-14-30(17)26(32)20-10-8-19(9-11-20)23-7-4-16-33-23/h2-13,16-17H,14-15H2,1H3/t17-/m1/s1. The largest absolute Gasteiger partial charge is 0.327 e. The number of thiophene rings is 1. The number of fused-ring (bicyclic) bond motifs is 2. The molecule has 0 radical (unpaired) electrons. The van der Waals surface area contributed by atoms with Crippen molar-refractivity contribution in [1.82, 2.24) is 24.6 Å². The Morgan fingerprint density at radius 2 is 1.79 bits per heavy atom. The van der Waals surface area contributed by atoms with Gasteiger partial charge in [0.1, 0.15) is 5.69 Å². The van der Waals surface area contributed by atoms with Crippen molar-refractivity contribution >= 4 is 28.1 Å². The number of amides is 1. The molecule has 5 aromatic rings. The predicted octanol–water partition coefficient (Wildman–Crippen LogP) is 5.44. The van der Waals surface area contributed by atoms with E-state index in [1.807, 2.05) is 72.5 Å². The maximum Gasteiger partial charge on any atom is 0.254 e. The molecule has 162 valence electrons. The van der Waals surface area contributed by atoms with E-state index in [4.69, 9.17) is 4.98 Å². The van der Waals surface area contributed by atoms with Gasteiger partial charge in [0, 0.05) is 28.9 Å². The van der Waals surface area contributed by atoms with Crippen molar-refractivity contribution in [2.24, 2.45) is 0 Å². The predicted molar refractivity (Wildman–Crippen MR) is 130 cm³/mol. The van der Waals surface area contributed by atoms with Crippen LogP contribution in [0, 0.1) is 0 Å². The summed E-state index contributed by atoms with van der Waals surface area (Å²) in [6.45, 7) is 3.24. The van der Waals surface area contributed by atoms with Gasteiger partial charge in [-0.05, 0) is 48.2 Å². The summed E-state index contributed by atoms with van der Waals surface area (Å²) in [5.41, 5.74) is 3.54. The van der Waals surface area contributed by atoms with E-state index < -0.39 is 0 Å². The van der Waals surface area contributed by atoms with Gasteiger partial charge in [-0.15, -0.1) is 21.5 Å². The highest BCUT2D eigenvalue weighted by molar-refractivity contribution is 7.13. The van der Waals surface area contributed by atoms with Crippen LogP contribution in [0.4, 0.5) is 0 Å². The van der Waals surface area contributed by atoms with E-state index in [1.54, 1.807) is 11.3 Å². The van der Waals surface area contributed by atoms with Gasteiger partial charge in [0.15, 0.2) is 11.6 Å². The van der Waals surface area contributed by atoms with Crippen LogP contribution < -0.4 is 0 Å². The van der Waals surface area contributed by atoms with Crippen molar-refractivity contribution in [3.05, 3.63) is 89.6 Å². The average Bonchev–Trinajstić information content (AvgIpc) is 3.55. The quantitative estimate of drug-likeness (QED) is 0.366. The van der Waals surface area contributed by atoms with Crippen molar-refractivity contribution in [2.75, 3.05) is 6.54 Å². The molecule has 7 heteroatoms. The van der Waals surface area contributed by atoms with Gasteiger partial charge < -0.3 is 9.47 Å².